The summed E-state index contributed by atoms with van der Waals surface area (Å²) in [6, 6.07) is 13.6. The minimum absolute atomic E-state index is 0.00211. The van der Waals surface area contributed by atoms with Crippen LogP contribution in [-0.4, -0.2) is 20.6 Å². The summed E-state index contributed by atoms with van der Waals surface area (Å²) in [6.07, 6.45) is 1.01. The molecule has 2 aromatic carbocycles. The van der Waals surface area contributed by atoms with Gasteiger partial charge in [0.1, 0.15) is 18.2 Å². The van der Waals surface area contributed by atoms with E-state index >= 15 is 0 Å². The van der Waals surface area contributed by atoms with Gasteiger partial charge in [0.05, 0.1) is 17.5 Å². The third-order valence-corrected chi connectivity index (χ3v) is 4.09. The van der Waals surface area contributed by atoms with Crippen LogP contribution in [0.1, 0.15) is 23.9 Å². The number of imidazole rings is 1. The number of carbonyl (C=O) groups is 1. The molecule has 0 saturated carbocycles. The van der Waals surface area contributed by atoms with Crippen molar-refractivity contribution < 1.29 is 14.6 Å². The molecule has 1 N–H and O–H groups in total. The van der Waals surface area contributed by atoms with Crippen molar-refractivity contribution in [3.05, 3.63) is 59.4 Å². The highest BCUT2D eigenvalue weighted by Crippen LogP contribution is 2.19. The van der Waals surface area contributed by atoms with Crippen LogP contribution in [0.25, 0.3) is 11.0 Å². The summed E-state index contributed by atoms with van der Waals surface area (Å²) in [4.78, 5) is 15.4. The molecule has 0 aliphatic rings. The number of nitrogens with zero attached hydrogens (tertiary/aromatic N) is 2. The predicted octanol–water partition coefficient (Wildman–Crippen LogP) is 3.34. The number of carboxylic acid groups (broad SMARTS) is 1. The first-order valence-corrected chi connectivity index (χ1v) is 7.94. The zero-order chi connectivity index (χ0) is 17.1. The molecule has 0 spiro atoms. The van der Waals surface area contributed by atoms with Crippen molar-refractivity contribution in [2.24, 2.45) is 7.05 Å². The summed E-state index contributed by atoms with van der Waals surface area (Å²) in [6.45, 7) is 2.48. The van der Waals surface area contributed by atoms with Crippen molar-refractivity contribution in [1.82, 2.24) is 9.55 Å². The highest BCUT2D eigenvalue weighted by molar-refractivity contribution is 5.79. The second-order valence-corrected chi connectivity index (χ2v) is 5.77. The van der Waals surface area contributed by atoms with Crippen molar-refractivity contribution in [3.8, 4) is 5.75 Å². The average molecular weight is 324 g/mol. The van der Waals surface area contributed by atoms with Crippen LogP contribution < -0.4 is 4.74 Å². The molecule has 5 heteroatoms. The van der Waals surface area contributed by atoms with Crippen LogP contribution in [0.15, 0.2) is 42.5 Å². The molecule has 0 amide bonds. The van der Waals surface area contributed by atoms with E-state index in [-0.39, 0.29) is 6.42 Å². The van der Waals surface area contributed by atoms with Crippen LogP contribution in [0, 0.1) is 0 Å². The lowest BCUT2D eigenvalue weighted by Gasteiger charge is -2.07. The maximum Gasteiger partial charge on any atom is 0.307 e. The van der Waals surface area contributed by atoms with Crippen LogP contribution >= 0.6 is 0 Å². The van der Waals surface area contributed by atoms with Crippen molar-refractivity contribution >= 4 is 17.0 Å². The van der Waals surface area contributed by atoms with Gasteiger partial charge in [0.2, 0.25) is 0 Å². The molecule has 124 valence electrons. The summed E-state index contributed by atoms with van der Waals surface area (Å²) in [5.41, 5.74) is 3.77. The van der Waals surface area contributed by atoms with Gasteiger partial charge < -0.3 is 14.4 Å². The van der Waals surface area contributed by atoms with Crippen LogP contribution in [-0.2, 0) is 31.3 Å². The zero-order valence-corrected chi connectivity index (χ0v) is 13.8. The fourth-order valence-electron chi connectivity index (χ4n) is 2.68. The first-order valence-electron chi connectivity index (χ1n) is 7.94. The SMILES string of the molecule is CCc1ccc(OCc2nc3cc(CC(=O)O)ccc3n2C)cc1. The smallest absolute Gasteiger partial charge is 0.307 e. The molecule has 0 fully saturated rings. The van der Waals surface area contributed by atoms with Gasteiger partial charge in [-0.1, -0.05) is 25.1 Å². The molecule has 0 aliphatic carbocycles. The van der Waals surface area contributed by atoms with Gasteiger partial charge in [-0.2, -0.15) is 0 Å². The van der Waals surface area contributed by atoms with E-state index in [1.165, 1.54) is 5.56 Å². The van der Waals surface area contributed by atoms with Gasteiger partial charge in [-0.05, 0) is 41.8 Å². The van der Waals surface area contributed by atoms with Crippen LogP contribution in [0.3, 0.4) is 0 Å². The second kappa shape index (κ2) is 6.74. The second-order valence-electron chi connectivity index (χ2n) is 5.77. The Bertz CT molecular complexity index is 866. The Hall–Kier alpha value is -2.82. The lowest BCUT2D eigenvalue weighted by atomic mass is 10.1. The lowest BCUT2D eigenvalue weighted by molar-refractivity contribution is -0.136. The molecule has 0 aliphatic heterocycles. The molecule has 3 aromatic rings. The Labute approximate surface area is 140 Å². The zero-order valence-electron chi connectivity index (χ0n) is 13.8. The number of hydrogen-bond donors (Lipinski definition) is 1. The van der Waals surface area contributed by atoms with E-state index in [9.17, 15) is 4.79 Å². The predicted molar refractivity (Wildman–Crippen MR) is 92.2 cm³/mol. The van der Waals surface area contributed by atoms with Gasteiger partial charge in [-0.3, -0.25) is 4.79 Å². The van der Waals surface area contributed by atoms with E-state index in [2.05, 4.69) is 24.0 Å². The maximum atomic E-state index is 10.8. The molecule has 1 aromatic heterocycles. The number of ether oxygens (including phenoxy) is 1. The lowest BCUT2D eigenvalue weighted by Crippen LogP contribution is -2.03. The molecule has 0 saturated heterocycles. The Morgan fingerprint density at radius 1 is 1.17 bits per heavy atom. The average Bonchev–Trinajstić information content (AvgIpc) is 2.88. The van der Waals surface area contributed by atoms with E-state index in [0.29, 0.717) is 6.61 Å². The number of fused-ring (bicyclic) bond motifs is 1. The van der Waals surface area contributed by atoms with Gasteiger partial charge in [-0.15, -0.1) is 0 Å². The Morgan fingerprint density at radius 2 is 1.88 bits per heavy atom. The molecule has 5 nitrogen and oxygen atoms in total. The molecular weight excluding hydrogens is 304 g/mol. The quantitative estimate of drug-likeness (QED) is 0.755. The third kappa shape index (κ3) is 3.40. The third-order valence-electron chi connectivity index (χ3n) is 4.09. The fraction of sp³-hybridized carbons (Fsp3) is 0.263. The van der Waals surface area contributed by atoms with Crippen LogP contribution in [0.2, 0.25) is 0 Å². The van der Waals surface area contributed by atoms with Crippen molar-refractivity contribution in [2.75, 3.05) is 0 Å². The minimum Gasteiger partial charge on any atom is -0.486 e. The first kappa shape index (κ1) is 16.1. The van der Waals surface area contributed by atoms with Gasteiger partial charge in [0, 0.05) is 7.05 Å². The minimum atomic E-state index is -0.843. The molecule has 24 heavy (non-hydrogen) atoms. The Balaban J connectivity index is 1.78. The summed E-state index contributed by atoms with van der Waals surface area (Å²) < 4.78 is 7.79. The number of benzene rings is 2. The molecular formula is C19H20N2O3. The van der Waals surface area contributed by atoms with Gasteiger partial charge in [0.25, 0.3) is 0 Å². The van der Waals surface area contributed by atoms with Crippen LogP contribution in [0.4, 0.5) is 0 Å². The van der Waals surface area contributed by atoms with E-state index in [0.717, 1.165) is 34.6 Å². The Kier molecular flexibility index (Phi) is 4.51. The van der Waals surface area contributed by atoms with Gasteiger partial charge in [-0.25, -0.2) is 4.98 Å². The van der Waals surface area contributed by atoms with Crippen LogP contribution in [0.5, 0.6) is 5.75 Å². The van der Waals surface area contributed by atoms with Crippen molar-refractivity contribution in [1.29, 1.82) is 0 Å². The molecule has 0 unspecified atom stereocenters. The number of aromatic nitrogens is 2. The molecule has 1 heterocycles. The molecule has 0 bridgehead atoms. The monoisotopic (exact) mass is 324 g/mol. The van der Waals surface area contributed by atoms with E-state index in [1.54, 1.807) is 0 Å². The first-order chi connectivity index (χ1) is 11.6. The largest absolute Gasteiger partial charge is 0.486 e. The standard InChI is InChI=1S/C19H20N2O3/c1-3-13-4-7-15(8-5-13)24-12-18-20-16-10-14(11-19(22)23)6-9-17(16)21(18)2/h4-10H,3,11-12H2,1-2H3,(H,22,23). The normalized spacial score (nSPS) is 10.9. The van der Waals surface area contributed by atoms with Crippen molar-refractivity contribution in [3.63, 3.8) is 0 Å². The van der Waals surface area contributed by atoms with E-state index < -0.39 is 5.97 Å². The molecule has 0 radical (unpaired) electrons. The van der Waals surface area contributed by atoms with Gasteiger partial charge >= 0.3 is 5.97 Å². The fourth-order valence-corrected chi connectivity index (χ4v) is 2.68. The molecule has 3 rings (SSSR count). The Morgan fingerprint density at radius 3 is 2.54 bits per heavy atom. The summed E-state index contributed by atoms with van der Waals surface area (Å²) in [7, 11) is 1.94. The van der Waals surface area contributed by atoms with E-state index in [1.807, 2.05) is 41.9 Å². The molecule has 0 atom stereocenters. The maximum absolute atomic E-state index is 10.8. The summed E-state index contributed by atoms with van der Waals surface area (Å²) >= 11 is 0. The number of rotatable bonds is 6. The number of aryl methyl sites for hydroxylation is 2. The highest BCUT2D eigenvalue weighted by Gasteiger charge is 2.10. The highest BCUT2D eigenvalue weighted by atomic mass is 16.5. The van der Waals surface area contributed by atoms with Gasteiger partial charge in [0.15, 0.2) is 0 Å². The summed E-state index contributed by atoms with van der Waals surface area (Å²) in [5, 5.41) is 8.90. The topological polar surface area (TPSA) is 64.3 Å². The number of aliphatic carboxylic acids is 1. The van der Waals surface area contributed by atoms with E-state index in [4.69, 9.17) is 9.84 Å². The summed E-state index contributed by atoms with van der Waals surface area (Å²) in [5.74, 6) is 0.771. The number of carboxylic acids is 1. The van der Waals surface area contributed by atoms with Crippen molar-refractivity contribution in [2.45, 2.75) is 26.4 Å². The number of hydrogen-bond acceptors (Lipinski definition) is 3.